The van der Waals surface area contributed by atoms with Gasteiger partial charge >= 0.3 is 6.03 Å². The largest absolute Gasteiger partial charge is 0.464 e. The molecule has 0 aliphatic heterocycles. The Morgan fingerprint density at radius 1 is 1.00 bits per heavy atom. The fraction of sp³-hybridized carbons (Fsp3) is 0.150. The quantitative estimate of drug-likeness (QED) is 0.691. The Labute approximate surface area is 150 Å². The van der Waals surface area contributed by atoms with Gasteiger partial charge in [-0.25, -0.2) is 13.6 Å². The number of nitrogens with one attached hydrogen (secondary N) is 1. The first-order chi connectivity index (χ1) is 12.5. The summed E-state index contributed by atoms with van der Waals surface area (Å²) in [5.41, 5.74) is 0.843. The van der Waals surface area contributed by atoms with E-state index in [0.717, 1.165) is 11.3 Å². The number of para-hydroxylation sites is 1. The standard InChI is InChI=1S/C20H18F2N2O2/c1-14-6-11-17(26-14)13-24(12-15-7-9-16(21)10-8-15)20(25)23-19-5-3-2-4-18(19)22/h2-11H,12-13H2,1H3,(H,23,25). The molecule has 0 fully saturated rings. The molecule has 2 amide bonds. The van der Waals surface area contributed by atoms with E-state index >= 15 is 0 Å². The van der Waals surface area contributed by atoms with E-state index < -0.39 is 11.8 Å². The summed E-state index contributed by atoms with van der Waals surface area (Å²) in [7, 11) is 0. The second-order valence-electron chi connectivity index (χ2n) is 5.90. The van der Waals surface area contributed by atoms with Crippen LogP contribution in [-0.4, -0.2) is 10.9 Å². The van der Waals surface area contributed by atoms with Gasteiger partial charge in [0.15, 0.2) is 0 Å². The summed E-state index contributed by atoms with van der Waals surface area (Å²) in [5.74, 6) is 0.471. The number of hydrogen-bond acceptors (Lipinski definition) is 2. The third-order valence-electron chi connectivity index (χ3n) is 3.83. The van der Waals surface area contributed by atoms with Gasteiger partial charge in [0, 0.05) is 6.54 Å². The molecule has 3 rings (SSSR count). The van der Waals surface area contributed by atoms with Gasteiger partial charge in [-0.05, 0) is 48.9 Å². The highest BCUT2D eigenvalue weighted by Crippen LogP contribution is 2.17. The van der Waals surface area contributed by atoms with Gasteiger partial charge < -0.3 is 14.6 Å². The van der Waals surface area contributed by atoms with E-state index in [9.17, 15) is 13.6 Å². The lowest BCUT2D eigenvalue weighted by molar-refractivity contribution is 0.200. The van der Waals surface area contributed by atoms with Gasteiger partial charge in [-0.1, -0.05) is 24.3 Å². The number of nitrogens with zero attached hydrogens (tertiary/aromatic N) is 1. The second-order valence-corrected chi connectivity index (χ2v) is 5.90. The van der Waals surface area contributed by atoms with Crippen LogP contribution in [-0.2, 0) is 13.1 Å². The van der Waals surface area contributed by atoms with Crippen LogP contribution >= 0.6 is 0 Å². The minimum absolute atomic E-state index is 0.0947. The maximum atomic E-state index is 13.8. The SMILES string of the molecule is Cc1ccc(CN(Cc2ccc(F)cc2)C(=O)Nc2ccccc2F)o1. The van der Waals surface area contributed by atoms with Gasteiger partial charge in [0.05, 0.1) is 12.2 Å². The first kappa shape index (κ1) is 17.7. The summed E-state index contributed by atoms with van der Waals surface area (Å²) >= 11 is 0. The van der Waals surface area contributed by atoms with Crippen LogP contribution in [0.15, 0.2) is 65.1 Å². The molecule has 1 aromatic heterocycles. The van der Waals surface area contributed by atoms with E-state index in [4.69, 9.17) is 4.42 Å². The molecule has 0 aliphatic rings. The van der Waals surface area contributed by atoms with E-state index in [0.29, 0.717) is 5.76 Å². The fourth-order valence-electron chi connectivity index (χ4n) is 2.52. The Morgan fingerprint density at radius 3 is 2.38 bits per heavy atom. The average molecular weight is 356 g/mol. The highest BCUT2D eigenvalue weighted by Gasteiger charge is 2.18. The normalized spacial score (nSPS) is 10.6. The first-order valence-corrected chi connectivity index (χ1v) is 8.11. The van der Waals surface area contributed by atoms with Crippen molar-refractivity contribution in [3.63, 3.8) is 0 Å². The highest BCUT2D eigenvalue weighted by molar-refractivity contribution is 5.89. The van der Waals surface area contributed by atoms with E-state index in [1.807, 2.05) is 6.92 Å². The Hall–Kier alpha value is -3.15. The van der Waals surface area contributed by atoms with Crippen molar-refractivity contribution in [2.45, 2.75) is 20.0 Å². The lowest BCUT2D eigenvalue weighted by atomic mass is 10.2. The molecule has 2 aromatic carbocycles. The highest BCUT2D eigenvalue weighted by atomic mass is 19.1. The van der Waals surface area contributed by atoms with Gasteiger partial charge in [0.25, 0.3) is 0 Å². The number of urea groups is 1. The van der Waals surface area contributed by atoms with Crippen LogP contribution in [0.5, 0.6) is 0 Å². The summed E-state index contributed by atoms with van der Waals surface area (Å²) in [4.78, 5) is 14.1. The topological polar surface area (TPSA) is 45.5 Å². The van der Waals surface area contributed by atoms with Gasteiger partial charge in [-0.15, -0.1) is 0 Å². The van der Waals surface area contributed by atoms with Crippen molar-refractivity contribution in [3.05, 3.63) is 89.4 Å². The zero-order valence-electron chi connectivity index (χ0n) is 14.2. The molecular weight excluding hydrogens is 338 g/mol. The number of amides is 2. The summed E-state index contributed by atoms with van der Waals surface area (Å²) in [5, 5.41) is 2.57. The number of halogens is 2. The molecule has 0 saturated heterocycles. The zero-order valence-corrected chi connectivity index (χ0v) is 14.2. The number of anilines is 1. The summed E-state index contributed by atoms with van der Waals surface area (Å²) < 4.78 is 32.5. The molecule has 26 heavy (non-hydrogen) atoms. The number of aryl methyl sites for hydroxylation is 1. The van der Waals surface area contributed by atoms with Crippen LogP contribution < -0.4 is 5.32 Å². The molecule has 0 saturated carbocycles. The monoisotopic (exact) mass is 356 g/mol. The molecule has 1 heterocycles. The maximum absolute atomic E-state index is 13.8. The average Bonchev–Trinajstić information content (AvgIpc) is 3.03. The molecule has 6 heteroatoms. The Morgan fingerprint density at radius 2 is 1.73 bits per heavy atom. The lowest BCUT2D eigenvalue weighted by Gasteiger charge is -2.22. The molecule has 0 unspecified atom stereocenters. The molecule has 0 aliphatic carbocycles. The lowest BCUT2D eigenvalue weighted by Crippen LogP contribution is -2.34. The molecule has 3 aromatic rings. The molecule has 0 radical (unpaired) electrons. The molecule has 1 N–H and O–H groups in total. The van der Waals surface area contributed by atoms with Crippen LogP contribution in [0.25, 0.3) is 0 Å². The summed E-state index contributed by atoms with van der Waals surface area (Å²) in [6.07, 6.45) is 0. The van der Waals surface area contributed by atoms with Crippen LogP contribution in [0.3, 0.4) is 0 Å². The maximum Gasteiger partial charge on any atom is 0.322 e. The summed E-state index contributed by atoms with van der Waals surface area (Å²) in [6.45, 7) is 2.24. The van der Waals surface area contributed by atoms with E-state index in [1.165, 1.54) is 29.2 Å². The summed E-state index contributed by atoms with van der Waals surface area (Å²) in [6, 6.07) is 14.9. The van der Waals surface area contributed by atoms with Crippen LogP contribution in [0.4, 0.5) is 19.3 Å². The molecule has 134 valence electrons. The van der Waals surface area contributed by atoms with Gasteiger partial charge in [0.1, 0.15) is 23.2 Å². The Bertz CT molecular complexity index is 891. The third-order valence-corrected chi connectivity index (χ3v) is 3.83. The smallest absolute Gasteiger partial charge is 0.322 e. The van der Waals surface area contributed by atoms with Crippen molar-refractivity contribution in [2.24, 2.45) is 0 Å². The number of rotatable bonds is 5. The Balaban J connectivity index is 1.80. The van der Waals surface area contributed by atoms with E-state index in [1.54, 1.807) is 36.4 Å². The molecule has 0 atom stereocenters. The minimum Gasteiger partial charge on any atom is -0.464 e. The van der Waals surface area contributed by atoms with E-state index in [-0.39, 0.29) is 24.6 Å². The first-order valence-electron chi connectivity index (χ1n) is 8.11. The van der Waals surface area contributed by atoms with Crippen LogP contribution in [0, 0.1) is 18.6 Å². The van der Waals surface area contributed by atoms with Crippen molar-refractivity contribution in [1.29, 1.82) is 0 Å². The van der Waals surface area contributed by atoms with Gasteiger partial charge in [-0.3, -0.25) is 0 Å². The van der Waals surface area contributed by atoms with Crippen LogP contribution in [0.2, 0.25) is 0 Å². The van der Waals surface area contributed by atoms with E-state index in [2.05, 4.69) is 5.32 Å². The van der Waals surface area contributed by atoms with Crippen molar-refractivity contribution in [2.75, 3.05) is 5.32 Å². The van der Waals surface area contributed by atoms with Gasteiger partial charge in [-0.2, -0.15) is 0 Å². The number of carbonyl (C=O) groups is 1. The van der Waals surface area contributed by atoms with Crippen molar-refractivity contribution in [3.8, 4) is 0 Å². The zero-order chi connectivity index (χ0) is 18.5. The second kappa shape index (κ2) is 7.82. The molecule has 0 spiro atoms. The fourth-order valence-corrected chi connectivity index (χ4v) is 2.52. The number of hydrogen-bond donors (Lipinski definition) is 1. The van der Waals surface area contributed by atoms with Gasteiger partial charge in [0.2, 0.25) is 0 Å². The minimum atomic E-state index is -0.517. The Kier molecular flexibility index (Phi) is 5.31. The van der Waals surface area contributed by atoms with Crippen molar-refractivity contribution < 1.29 is 18.0 Å². The molecule has 0 bridgehead atoms. The third kappa shape index (κ3) is 4.47. The van der Waals surface area contributed by atoms with Crippen molar-refractivity contribution in [1.82, 2.24) is 4.90 Å². The number of benzene rings is 2. The molecule has 4 nitrogen and oxygen atoms in total. The number of furan rings is 1. The predicted octanol–water partition coefficient (Wildman–Crippen LogP) is 5.10. The molecular formula is C20H18F2N2O2. The predicted molar refractivity (Wildman–Crippen MR) is 94.5 cm³/mol. The van der Waals surface area contributed by atoms with Crippen LogP contribution in [0.1, 0.15) is 17.1 Å². The van der Waals surface area contributed by atoms with Crippen molar-refractivity contribution >= 4 is 11.7 Å². The number of carbonyl (C=O) groups excluding carboxylic acids is 1.